The second kappa shape index (κ2) is 7.85. The van der Waals surface area contributed by atoms with Crippen LogP contribution in [0.25, 0.3) is 10.8 Å². The first kappa shape index (κ1) is 18.4. The highest BCUT2D eigenvalue weighted by atomic mass is 32.2. The molecule has 0 fully saturated rings. The standard InChI is InChI=1S/C16H17N3O5S2/c1-22-11-5-6-12(23-2)14(10-11)26(20,21)17-8-7-15-18-19-16(24-15)13-4-3-9-25-13/h3-6,9-10,17H,7-8H2,1-2H3. The number of rotatable bonds is 8. The van der Waals surface area contributed by atoms with E-state index in [-0.39, 0.29) is 23.6 Å². The van der Waals surface area contributed by atoms with Crippen molar-refractivity contribution in [3.63, 3.8) is 0 Å². The van der Waals surface area contributed by atoms with Gasteiger partial charge in [0, 0.05) is 19.0 Å². The molecule has 0 saturated carbocycles. The number of aromatic nitrogens is 2. The Morgan fingerprint density at radius 1 is 1.19 bits per heavy atom. The van der Waals surface area contributed by atoms with E-state index in [2.05, 4.69) is 14.9 Å². The lowest BCUT2D eigenvalue weighted by Crippen LogP contribution is -2.26. The molecule has 3 aromatic rings. The van der Waals surface area contributed by atoms with Gasteiger partial charge < -0.3 is 13.9 Å². The van der Waals surface area contributed by atoms with E-state index >= 15 is 0 Å². The summed E-state index contributed by atoms with van der Waals surface area (Å²) in [5.74, 6) is 1.43. The third kappa shape index (κ3) is 4.03. The molecule has 0 unspecified atom stereocenters. The SMILES string of the molecule is COc1ccc(OC)c(S(=O)(=O)NCCc2nnc(-c3cccs3)o2)c1. The van der Waals surface area contributed by atoms with Crippen LogP contribution in [0.5, 0.6) is 11.5 Å². The van der Waals surface area contributed by atoms with E-state index in [1.807, 2.05) is 17.5 Å². The second-order valence-electron chi connectivity index (χ2n) is 5.14. The lowest BCUT2D eigenvalue weighted by Gasteiger charge is -2.11. The third-order valence-corrected chi connectivity index (χ3v) is 5.83. The van der Waals surface area contributed by atoms with E-state index in [0.717, 1.165) is 4.88 Å². The van der Waals surface area contributed by atoms with Crippen LogP contribution < -0.4 is 14.2 Å². The van der Waals surface area contributed by atoms with Gasteiger partial charge in [0.25, 0.3) is 5.89 Å². The van der Waals surface area contributed by atoms with Crippen LogP contribution in [0.2, 0.25) is 0 Å². The zero-order chi connectivity index (χ0) is 18.6. The number of nitrogens with zero attached hydrogens (tertiary/aromatic N) is 2. The number of sulfonamides is 1. The molecule has 0 bridgehead atoms. The molecule has 3 rings (SSSR count). The maximum absolute atomic E-state index is 12.6. The van der Waals surface area contributed by atoms with Crippen LogP contribution in [0.15, 0.2) is 45.0 Å². The molecule has 0 aliphatic carbocycles. The van der Waals surface area contributed by atoms with Gasteiger partial charge in [0.2, 0.25) is 15.9 Å². The lowest BCUT2D eigenvalue weighted by atomic mass is 10.3. The quantitative estimate of drug-likeness (QED) is 0.624. The molecular formula is C16H17N3O5S2. The van der Waals surface area contributed by atoms with Gasteiger partial charge >= 0.3 is 0 Å². The van der Waals surface area contributed by atoms with Crippen molar-refractivity contribution < 1.29 is 22.3 Å². The summed E-state index contributed by atoms with van der Waals surface area (Å²) in [5.41, 5.74) is 0. The van der Waals surface area contributed by atoms with Gasteiger partial charge in [-0.05, 0) is 23.6 Å². The van der Waals surface area contributed by atoms with Crippen LogP contribution in [0.1, 0.15) is 5.89 Å². The molecule has 0 amide bonds. The Balaban J connectivity index is 1.67. The average molecular weight is 395 g/mol. The molecule has 8 nitrogen and oxygen atoms in total. The van der Waals surface area contributed by atoms with Crippen molar-refractivity contribution in [1.29, 1.82) is 0 Å². The smallest absolute Gasteiger partial charge is 0.257 e. The normalized spacial score (nSPS) is 11.5. The third-order valence-electron chi connectivity index (χ3n) is 3.49. The van der Waals surface area contributed by atoms with Gasteiger partial charge in [-0.1, -0.05) is 6.07 Å². The number of hydrogen-bond donors (Lipinski definition) is 1. The first-order valence-corrected chi connectivity index (χ1v) is 9.97. The molecule has 26 heavy (non-hydrogen) atoms. The first-order valence-electron chi connectivity index (χ1n) is 7.61. The fraction of sp³-hybridized carbons (Fsp3) is 0.250. The number of benzene rings is 1. The summed E-state index contributed by atoms with van der Waals surface area (Å²) >= 11 is 1.49. The average Bonchev–Trinajstić information content (AvgIpc) is 3.32. The fourth-order valence-corrected chi connectivity index (χ4v) is 4.08. The van der Waals surface area contributed by atoms with E-state index in [0.29, 0.717) is 17.5 Å². The van der Waals surface area contributed by atoms with Gasteiger partial charge in [-0.25, -0.2) is 13.1 Å². The largest absolute Gasteiger partial charge is 0.497 e. The Hall–Kier alpha value is -2.43. The van der Waals surface area contributed by atoms with Crippen molar-refractivity contribution in [3.05, 3.63) is 41.6 Å². The van der Waals surface area contributed by atoms with Crippen LogP contribution in [-0.4, -0.2) is 39.4 Å². The van der Waals surface area contributed by atoms with E-state index in [1.54, 1.807) is 12.1 Å². The summed E-state index contributed by atoms with van der Waals surface area (Å²) in [6.45, 7) is 0.106. The van der Waals surface area contributed by atoms with Gasteiger partial charge in [0.15, 0.2) is 0 Å². The summed E-state index contributed by atoms with van der Waals surface area (Å²) in [6, 6.07) is 8.34. The summed E-state index contributed by atoms with van der Waals surface area (Å²) in [6.07, 6.45) is 0.268. The summed E-state index contributed by atoms with van der Waals surface area (Å²) in [5, 5.41) is 9.81. The Bertz CT molecular complexity index is 968. The highest BCUT2D eigenvalue weighted by molar-refractivity contribution is 7.89. The zero-order valence-electron chi connectivity index (χ0n) is 14.1. The van der Waals surface area contributed by atoms with E-state index in [9.17, 15) is 8.42 Å². The molecule has 0 spiro atoms. The second-order valence-corrected chi connectivity index (χ2v) is 7.83. The van der Waals surface area contributed by atoms with E-state index in [4.69, 9.17) is 13.9 Å². The number of thiophene rings is 1. The first-order chi connectivity index (χ1) is 12.5. The minimum atomic E-state index is -3.78. The van der Waals surface area contributed by atoms with Crippen molar-refractivity contribution in [2.45, 2.75) is 11.3 Å². The molecule has 10 heteroatoms. The van der Waals surface area contributed by atoms with Crippen molar-refractivity contribution in [2.75, 3.05) is 20.8 Å². The highest BCUT2D eigenvalue weighted by Crippen LogP contribution is 2.28. The monoisotopic (exact) mass is 395 g/mol. The molecular weight excluding hydrogens is 378 g/mol. The molecule has 0 saturated heterocycles. The van der Waals surface area contributed by atoms with Gasteiger partial charge in [-0.15, -0.1) is 21.5 Å². The zero-order valence-corrected chi connectivity index (χ0v) is 15.8. The van der Waals surface area contributed by atoms with Crippen LogP contribution >= 0.6 is 11.3 Å². The Morgan fingerprint density at radius 3 is 2.73 bits per heavy atom. The molecule has 1 aromatic carbocycles. The predicted molar refractivity (Wildman–Crippen MR) is 96.0 cm³/mol. The van der Waals surface area contributed by atoms with Crippen molar-refractivity contribution in [2.24, 2.45) is 0 Å². The topological polar surface area (TPSA) is 104 Å². The Kier molecular flexibility index (Phi) is 5.55. The molecule has 2 heterocycles. The van der Waals surface area contributed by atoms with Crippen LogP contribution in [0.4, 0.5) is 0 Å². The maximum Gasteiger partial charge on any atom is 0.257 e. The summed E-state index contributed by atoms with van der Waals surface area (Å²) < 4.78 is 43.4. The molecule has 0 radical (unpaired) electrons. The maximum atomic E-state index is 12.6. The van der Waals surface area contributed by atoms with Gasteiger partial charge in [-0.3, -0.25) is 0 Å². The number of hydrogen-bond acceptors (Lipinski definition) is 8. The predicted octanol–water partition coefficient (Wildman–Crippen LogP) is 2.34. The molecule has 0 aliphatic rings. The summed E-state index contributed by atoms with van der Waals surface area (Å²) in [7, 11) is -0.912. The number of nitrogens with one attached hydrogen (secondary N) is 1. The number of ether oxygens (including phenoxy) is 2. The van der Waals surface area contributed by atoms with Crippen molar-refractivity contribution in [1.82, 2.24) is 14.9 Å². The lowest BCUT2D eigenvalue weighted by molar-refractivity contribution is 0.392. The summed E-state index contributed by atoms with van der Waals surface area (Å²) in [4.78, 5) is 0.870. The molecule has 0 aliphatic heterocycles. The fourth-order valence-electron chi connectivity index (χ4n) is 2.22. The molecule has 1 N–H and O–H groups in total. The van der Waals surface area contributed by atoms with Gasteiger partial charge in [0.05, 0.1) is 19.1 Å². The molecule has 138 valence electrons. The Labute approximate surface area is 154 Å². The number of methoxy groups -OCH3 is 2. The van der Waals surface area contributed by atoms with Gasteiger partial charge in [0.1, 0.15) is 16.4 Å². The molecule has 0 atom stereocenters. The minimum absolute atomic E-state index is 0.00385. The van der Waals surface area contributed by atoms with Gasteiger partial charge in [-0.2, -0.15) is 0 Å². The Morgan fingerprint density at radius 2 is 2.04 bits per heavy atom. The van der Waals surface area contributed by atoms with Crippen molar-refractivity contribution >= 4 is 21.4 Å². The highest BCUT2D eigenvalue weighted by Gasteiger charge is 2.20. The van der Waals surface area contributed by atoms with Crippen LogP contribution in [0, 0.1) is 0 Å². The van der Waals surface area contributed by atoms with E-state index in [1.165, 1.54) is 31.6 Å². The van der Waals surface area contributed by atoms with Crippen LogP contribution in [0.3, 0.4) is 0 Å². The van der Waals surface area contributed by atoms with Crippen molar-refractivity contribution in [3.8, 4) is 22.3 Å². The van der Waals surface area contributed by atoms with E-state index < -0.39 is 10.0 Å². The molecule has 2 aromatic heterocycles. The van der Waals surface area contributed by atoms with Crippen LogP contribution in [-0.2, 0) is 16.4 Å². The minimum Gasteiger partial charge on any atom is -0.497 e.